The van der Waals surface area contributed by atoms with E-state index in [1.165, 1.54) is 10.4 Å². The summed E-state index contributed by atoms with van der Waals surface area (Å²) in [6.07, 6.45) is 0. The third kappa shape index (κ3) is 2.46. The lowest BCUT2D eigenvalue weighted by Gasteiger charge is -2.27. The lowest BCUT2D eigenvalue weighted by molar-refractivity contribution is 0.158. The normalized spacial score (nSPS) is 29.8. The van der Waals surface area contributed by atoms with E-state index < -0.39 is 0 Å². The highest BCUT2D eigenvalue weighted by Gasteiger charge is 2.37. The molecule has 2 rings (SSSR count). The molecule has 3 N–H and O–H groups in total. The van der Waals surface area contributed by atoms with Crippen LogP contribution in [0.15, 0.2) is 11.4 Å². The second-order valence-corrected chi connectivity index (χ2v) is 5.91. The van der Waals surface area contributed by atoms with E-state index in [9.17, 15) is 0 Å². The van der Waals surface area contributed by atoms with Crippen molar-refractivity contribution in [2.45, 2.75) is 26.4 Å². The van der Waals surface area contributed by atoms with Gasteiger partial charge in [-0.25, -0.2) is 0 Å². The first-order chi connectivity index (χ1) is 7.62. The minimum absolute atomic E-state index is 0.0885. The topological polar surface area (TPSA) is 47.3 Å². The highest BCUT2D eigenvalue weighted by molar-refractivity contribution is 7.10. The molecule has 3 nitrogen and oxygen atoms in total. The molecule has 16 heavy (non-hydrogen) atoms. The molecule has 4 heteroatoms. The van der Waals surface area contributed by atoms with Gasteiger partial charge in [-0.05, 0) is 23.9 Å². The summed E-state index contributed by atoms with van der Waals surface area (Å²) in [4.78, 5) is 1.41. The van der Waals surface area contributed by atoms with Crippen LogP contribution in [0.1, 0.15) is 17.4 Å². The van der Waals surface area contributed by atoms with Crippen molar-refractivity contribution in [2.75, 3.05) is 19.8 Å². The van der Waals surface area contributed by atoms with Crippen molar-refractivity contribution in [3.05, 3.63) is 21.9 Å². The highest BCUT2D eigenvalue weighted by Crippen LogP contribution is 2.26. The lowest BCUT2D eigenvalue weighted by atomic mass is 9.86. The summed E-state index contributed by atoms with van der Waals surface area (Å²) in [7, 11) is 0. The Kier molecular flexibility index (Phi) is 3.64. The largest absolute Gasteiger partial charge is 0.379 e. The zero-order chi connectivity index (χ0) is 11.6. The number of aryl methyl sites for hydroxylation is 1. The first kappa shape index (κ1) is 12.0. The Morgan fingerprint density at radius 2 is 2.50 bits per heavy atom. The third-order valence-corrected chi connectivity index (χ3v) is 4.43. The Bertz CT molecular complexity index is 353. The lowest BCUT2D eigenvalue weighted by Crippen LogP contribution is -2.45. The molecule has 0 aliphatic carbocycles. The predicted octanol–water partition coefficient (Wildman–Crippen LogP) is 1.51. The van der Waals surface area contributed by atoms with Gasteiger partial charge in [0.05, 0.1) is 13.2 Å². The number of hydrogen-bond acceptors (Lipinski definition) is 4. The first-order valence-corrected chi connectivity index (χ1v) is 6.57. The van der Waals surface area contributed by atoms with Crippen LogP contribution >= 0.6 is 11.3 Å². The fourth-order valence-corrected chi connectivity index (χ4v) is 2.83. The highest BCUT2D eigenvalue weighted by atomic mass is 32.1. The number of hydrogen-bond donors (Lipinski definition) is 2. The smallest absolute Gasteiger partial charge is 0.0624 e. The summed E-state index contributed by atoms with van der Waals surface area (Å²) in [5.74, 6) is 0. The van der Waals surface area contributed by atoms with E-state index in [1.54, 1.807) is 11.3 Å². The molecule has 1 aliphatic rings. The summed E-state index contributed by atoms with van der Waals surface area (Å²) in [6.45, 7) is 7.66. The molecule has 2 unspecified atom stereocenters. The predicted molar refractivity (Wildman–Crippen MR) is 67.7 cm³/mol. The van der Waals surface area contributed by atoms with E-state index in [0.29, 0.717) is 6.61 Å². The zero-order valence-corrected chi connectivity index (χ0v) is 10.8. The second-order valence-electron chi connectivity index (χ2n) is 4.91. The van der Waals surface area contributed by atoms with Crippen LogP contribution in [0.25, 0.3) is 0 Å². The quantitative estimate of drug-likeness (QED) is 0.838. The SMILES string of the molecule is Cc1ccsc1CNCC1(C)COCC1N. The Hall–Kier alpha value is -0.420. The van der Waals surface area contributed by atoms with E-state index in [2.05, 4.69) is 30.6 Å². The van der Waals surface area contributed by atoms with Gasteiger partial charge in [-0.15, -0.1) is 11.3 Å². The molecule has 2 atom stereocenters. The molecule has 1 saturated heterocycles. The van der Waals surface area contributed by atoms with Crippen molar-refractivity contribution in [1.29, 1.82) is 0 Å². The third-order valence-electron chi connectivity index (χ3n) is 3.41. The molecule has 1 aromatic heterocycles. The van der Waals surface area contributed by atoms with Gasteiger partial charge in [0.1, 0.15) is 0 Å². The monoisotopic (exact) mass is 240 g/mol. The van der Waals surface area contributed by atoms with E-state index in [-0.39, 0.29) is 11.5 Å². The summed E-state index contributed by atoms with van der Waals surface area (Å²) in [5.41, 5.74) is 7.50. The summed E-state index contributed by atoms with van der Waals surface area (Å²) in [5, 5.41) is 5.63. The fourth-order valence-electron chi connectivity index (χ4n) is 1.96. The maximum absolute atomic E-state index is 6.04. The van der Waals surface area contributed by atoms with Crippen LogP contribution in [0.3, 0.4) is 0 Å². The van der Waals surface area contributed by atoms with Crippen molar-refractivity contribution in [3.8, 4) is 0 Å². The van der Waals surface area contributed by atoms with Gasteiger partial charge in [0.15, 0.2) is 0 Å². The summed E-state index contributed by atoms with van der Waals surface area (Å²) < 4.78 is 5.42. The summed E-state index contributed by atoms with van der Waals surface area (Å²) in [6, 6.07) is 2.32. The van der Waals surface area contributed by atoms with Crippen LogP contribution in [0.4, 0.5) is 0 Å². The van der Waals surface area contributed by atoms with Crippen molar-refractivity contribution >= 4 is 11.3 Å². The first-order valence-electron chi connectivity index (χ1n) is 5.69. The van der Waals surface area contributed by atoms with E-state index in [4.69, 9.17) is 10.5 Å². The Labute approximate surface area is 101 Å². The van der Waals surface area contributed by atoms with Gasteiger partial charge in [-0.3, -0.25) is 0 Å². The minimum atomic E-state index is 0.0885. The molecule has 0 spiro atoms. The Morgan fingerprint density at radius 1 is 1.69 bits per heavy atom. The average molecular weight is 240 g/mol. The number of thiophene rings is 1. The van der Waals surface area contributed by atoms with Gasteiger partial charge in [-0.1, -0.05) is 6.92 Å². The standard InChI is InChI=1S/C12H20N2OS/c1-9-3-4-16-10(9)5-14-7-12(2)8-15-6-11(12)13/h3-4,11,14H,5-8,13H2,1-2H3. The molecule has 90 valence electrons. The molecule has 0 amide bonds. The Morgan fingerprint density at radius 3 is 3.06 bits per heavy atom. The molecule has 1 fully saturated rings. The second kappa shape index (κ2) is 4.84. The van der Waals surface area contributed by atoms with Gasteiger partial charge in [-0.2, -0.15) is 0 Å². The van der Waals surface area contributed by atoms with Gasteiger partial charge >= 0.3 is 0 Å². The number of nitrogens with two attached hydrogens (primary N) is 1. The minimum Gasteiger partial charge on any atom is -0.379 e. The maximum atomic E-state index is 6.04. The molecular formula is C12H20N2OS. The van der Waals surface area contributed by atoms with Gasteiger partial charge in [0, 0.05) is 29.4 Å². The molecule has 0 bridgehead atoms. The number of nitrogens with one attached hydrogen (secondary N) is 1. The van der Waals surface area contributed by atoms with Crippen molar-refractivity contribution in [2.24, 2.45) is 11.1 Å². The van der Waals surface area contributed by atoms with E-state index in [1.807, 2.05) is 0 Å². The van der Waals surface area contributed by atoms with Crippen LogP contribution < -0.4 is 11.1 Å². The number of ether oxygens (including phenoxy) is 1. The van der Waals surface area contributed by atoms with Crippen molar-refractivity contribution in [3.63, 3.8) is 0 Å². The van der Waals surface area contributed by atoms with E-state index in [0.717, 1.165) is 19.7 Å². The average Bonchev–Trinajstić information content (AvgIpc) is 2.77. The molecular weight excluding hydrogens is 220 g/mol. The van der Waals surface area contributed by atoms with Crippen LogP contribution in [-0.4, -0.2) is 25.8 Å². The van der Waals surface area contributed by atoms with Crippen LogP contribution in [-0.2, 0) is 11.3 Å². The van der Waals surface area contributed by atoms with E-state index >= 15 is 0 Å². The molecule has 1 aliphatic heterocycles. The molecule has 2 heterocycles. The molecule has 0 aromatic carbocycles. The van der Waals surface area contributed by atoms with Crippen molar-refractivity contribution < 1.29 is 4.74 Å². The van der Waals surface area contributed by atoms with Crippen molar-refractivity contribution in [1.82, 2.24) is 5.32 Å². The molecule has 0 radical (unpaired) electrons. The Balaban J connectivity index is 1.82. The summed E-state index contributed by atoms with van der Waals surface area (Å²) >= 11 is 1.81. The number of rotatable bonds is 4. The van der Waals surface area contributed by atoms with Gasteiger partial charge in [0.2, 0.25) is 0 Å². The molecule has 0 saturated carbocycles. The fraction of sp³-hybridized carbons (Fsp3) is 0.667. The van der Waals surface area contributed by atoms with Gasteiger partial charge < -0.3 is 15.8 Å². The maximum Gasteiger partial charge on any atom is 0.0624 e. The van der Waals surface area contributed by atoms with Crippen LogP contribution in [0, 0.1) is 12.3 Å². The van der Waals surface area contributed by atoms with Crippen LogP contribution in [0.5, 0.6) is 0 Å². The van der Waals surface area contributed by atoms with Gasteiger partial charge in [0.25, 0.3) is 0 Å². The molecule has 1 aromatic rings. The zero-order valence-electron chi connectivity index (χ0n) is 9.95. The van der Waals surface area contributed by atoms with Crippen LogP contribution in [0.2, 0.25) is 0 Å².